The van der Waals surface area contributed by atoms with Crippen molar-refractivity contribution >= 4 is 5.96 Å². The highest BCUT2D eigenvalue weighted by Crippen LogP contribution is 2.58. The average Bonchev–Trinajstić information content (AvgIpc) is 2.45. The summed E-state index contributed by atoms with van der Waals surface area (Å²) < 4.78 is 10.3. The number of aliphatic imine (C=N–C) groups is 1. The van der Waals surface area contributed by atoms with Crippen LogP contribution in [0.15, 0.2) is 4.99 Å². The van der Waals surface area contributed by atoms with Crippen LogP contribution in [0, 0.1) is 5.92 Å². The number of hydrogen-bond donors (Lipinski definition) is 8. The lowest BCUT2D eigenvalue weighted by atomic mass is 9.55. The highest BCUT2D eigenvalue weighted by Gasteiger charge is 2.82. The van der Waals surface area contributed by atoms with Crippen molar-refractivity contribution in [3.63, 3.8) is 0 Å². The fraction of sp³-hybridized carbons (Fsp3) is 0.909. The van der Waals surface area contributed by atoms with E-state index in [0.29, 0.717) is 0 Å². The first kappa shape index (κ1) is 14.5. The van der Waals surface area contributed by atoms with Gasteiger partial charge in [-0.15, -0.1) is 0 Å². The lowest BCUT2D eigenvalue weighted by Gasteiger charge is -2.71. The van der Waals surface area contributed by atoms with Gasteiger partial charge in [0.05, 0.1) is 12.5 Å². The molecule has 0 aromatic heterocycles. The number of aliphatic hydroxyl groups is 6. The molecule has 1 saturated carbocycles. The third-order valence-electron chi connectivity index (χ3n) is 5.22. The van der Waals surface area contributed by atoms with Gasteiger partial charge in [-0.25, -0.2) is 4.99 Å². The summed E-state index contributed by atoms with van der Waals surface area (Å²) in [5.74, 6) is -3.95. The van der Waals surface area contributed by atoms with Crippen molar-refractivity contribution in [1.29, 1.82) is 0 Å². The molecule has 11 nitrogen and oxygen atoms in total. The Morgan fingerprint density at radius 3 is 2.45 bits per heavy atom. The molecule has 124 valence electrons. The van der Waals surface area contributed by atoms with Crippen LogP contribution in [0.2, 0.25) is 0 Å². The van der Waals surface area contributed by atoms with Crippen LogP contribution in [0.3, 0.4) is 0 Å². The molecule has 11 heteroatoms. The molecular formula is C11H17N3O8. The van der Waals surface area contributed by atoms with Gasteiger partial charge in [0.15, 0.2) is 18.3 Å². The SMILES string of the molecule is NC1=N[C@@H](O)[C@H]2[C@@H]3O[C@@]4(O)O[C@H]([C@H](O)C2(N1)[C@@H]4O)[C@]3(O)CO. The maximum atomic E-state index is 10.6. The third kappa shape index (κ3) is 1.28. The number of guanidine groups is 1. The number of aliphatic hydroxyl groups excluding tert-OH is 4. The maximum absolute atomic E-state index is 10.6. The van der Waals surface area contributed by atoms with E-state index in [9.17, 15) is 30.6 Å². The molecule has 4 bridgehead atoms. The van der Waals surface area contributed by atoms with Crippen LogP contribution in [0.4, 0.5) is 0 Å². The van der Waals surface area contributed by atoms with E-state index >= 15 is 0 Å². The zero-order valence-corrected chi connectivity index (χ0v) is 11.2. The number of nitrogens with zero attached hydrogens (tertiary/aromatic N) is 1. The van der Waals surface area contributed by atoms with Gasteiger partial charge in [0.1, 0.15) is 29.5 Å². The second kappa shape index (κ2) is 3.88. The Hall–Kier alpha value is -1.05. The van der Waals surface area contributed by atoms with Crippen LogP contribution in [-0.2, 0) is 9.47 Å². The molecule has 4 aliphatic heterocycles. The normalized spacial score (nSPS) is 62.4. The van der Waals surface area contributed by atoms with Crippen LogP contribution >= 0.6 is 0 Å². The van der Waals surface area contributed by atoms with E-state index in [1.165, 1.54) is 0 Å². The van der Waals surface area contributed by atoms with Crippen molar-refractivity contribution in [1.82, 2.24) is 5.32 Å². The van der Waals surface area contributed by atoms with Crippen molar-refractivity contribution in [2.75, 3.05) is 6.61 Å². The van der Waals surface area contributed by atoms with Gasteiger partial charge in [0.2, 0.25) is 0 Å². The lowest BCUT2D eigenvalue weighted by molar-refractivity contribution is -0.548. The summed E-state index contributed by atoms with van der Waals surface area (Å²) in [7, 11) is 0. The number of nitrogens with one attached hydrogen (secondary N) is 1. The first-order valence-corrected chi connectivity index (χ1v) is 6.77. The summed E-state index contributed by atoms with van der Waals surface area (Å²) in [6.45, 7) is -0.857. The lowest BCUT2D eigenvalue weighted by Crippen LogP contribution is -2.95. The molecule has 5 aliphatic rings. The summed E-state index contributed by atoms with van der Waals surface area (Å²) in [6.07, 6.45) is -7.77. The molecule has 0 aromatic rings. The van der Waals surface area contributed by atoms with E-state index < -0.39 is 60.3 Å². The minimum Gasteiger partial charge on any atom is -0.393 e. The second-order valence-electron chi connectivity index (χ2n) is 6.22. The number of nitrogens with two attached hydrogens (primary N) is 1. The molecule has 1 aliphatic carbocycles. The Balaban J connectivity index is 1.95. The first-order valence-electron chi connectivity index (χ1n) is 6.77. The molecule has 0 aromatic carbocycles. The molecule has 0 radical (unpaired) electrons. The minimum absolute atomic E-state index is 0.250. The van der Waals surface area contributed by atoms with Crippen LogP contribution in [0.25, 0.3) is 0 Å². The smallest absolute Gasteiger partial charge is 0.311 e. The molecule has 1 unspecified atom stereocenters. The van der Waals surface area contributed by atoms with E-state index in [0.717, 1.165) is 0 Å². The van der Waals surface area contributed by atoms with Gasteiger partial charge in [0, 0.05) is 0 Å². The van der Waals surface area contributed by atoms with Gasteiger partial charge in [-0.3, -0.25) is 0 Å². The molecule has 4 fully saturated rings. The minimum atomic E-state index is -2.52. The van der Waals surface area contributed by atoms with Crippen molar-refractivity contribution in [3.05, 3.63) is 0 Å². The summed E-state index contributed by atoms with van der Waals surface area (Å²) >= 11 is 0. The monoisotopic (exact) mass is 319 g/mol. The van der Waals surface area contributed by atoms with Gasteiger partial charge >= 0.3 is 5.97 Å². The molecule has 1 spiro atoms. The largest absolute Gasteiger partial charge is 0.393 e. The Morgan fingerprint density at radius 2 is 1.82 bits per heavy atom. The first-order chi connectivity index (χ1) is 10.2. The van der Waals surface area contributed by atoms with Crippen molar-refractivity contribution in [2.24, 2.45) is 16.6 Å². The van der Waals surface area contributed by atoms with Crippen LogP contribution < -0.4 is 11.1 Å². The molecule has 22 heavy (non-hydrogen) atoms. The van der Waals surface area contributed by atoms with Crippen LogP contribution in [0.1, 0.15) is 0 Å². The number of rotatable bonds is 1. The predicted molar refractivity (Wildman–Crippen MR) is 65.7 cm³/mol. The summed E-state index contributed by atoms with van der Waals surface area (Å²) in [5, 5.41) is 64.3. The Bertz CT molecular complexity index is 561. The second-order valence-corrected chi connectivity index (χ2v) is 6.22. The Labute approximate surface area is 123 Å². The fourth-order valence-electron chi connectivity index (χ4n) is 4.24. The van der Waals surface area contributed by atoms with Gasteiger partial charge in [-0.05, 0) is 0 Å². The Morgan fingerprint density at radius 1 is 1.18 bits per heavy atom. The average molecular weight is 319 g/mol. The van der Waals surface area contributed by atoms with Gasteiger partial charge in [-0.1, -0.05) is 0 Å². The molecule has 3 saturated heterocycles. The van der Waals surface area contributed by atoms with Crippen LogP contribution in [-0.4, -0.2) is 91.0 Å². The quantitative estimate of drug-likeness (QED) is 0.231. The Kier molecular flexibility index (Phi) is 2.57. The molecule has 9 atom stereocenters. The van der Waals surface area contributed by atoms with E-state index in [-0.39, 0.29) is 5.96 Å². The molecule has 9 N–H and O–H groups in total. The number of hydrogen-bond acceptors (Lipinski definition) is 11. The van der Waals surface area contributed by atoms with E-state index in [1.54, 1.807) is 0 Å². The zero-order valence-electron chi connectivity index (χ0n) is 11.2. The van der Waals surface area contributed by atoms with E-state index in [4.69, 9.17) is 15.2 Å². The summed E-state index contributed by atoms with van der Waals surface area (Å²) in [6, 6.07) is 0. The van der Waals surface area contributed by atoms with Crippen molar-refractivity contribution in [3.8, 4) is 0 Å². The van der Waals surface area contributed by atoms with Gasteiger partial charge < -0.3 is 51.2 Å². The third-order valence-corrected chi connectivity index (χ3v) is 5.22. The summed E-state index contributed by atoms with van der Waals surface area (Å²) in [4.78, 5) is 3.70. The van der Waals surface area contributed by atoms with Gasteiger partial charge in [0.25, 0.3) is 0 Å². The summed E-state index contributed by atoms with van der Waals surface area (Å²) in [5.41, 5.74) is 1.74. The van der Waals surface area contributed by atoms with E-state index in [2.05, 4.69) is 10.3 Å². The molecule has 5 rings (SSSR count). The standard InChI is InChI=1S/C11H17N3O8/c12-8-13-6(17)2-4-9(19,1-15)5-3(16)10(2,14-8)7(18)11(20,21-4)22-5/h2-7,15-20H,1H2,(H3,12,13,14)/t2-,3+,4+,5-,6+,7+,9+,10?,11-/m1/s1. The molecule has 0 amide bonds. The zero-order chi connectivity index (χ0) is 16.1. The fourth-order valence-corrected chi connectivity index (χ4v) is 4.24. The predicted octanol–water partition coefficient (Wildman–Crippen LogP) is -5.52. The van der Waals surface area contributed by atoms with Crippen molar-refractivity contribution < 1.29 is 40.1 Å². The topological polar surface area (TPSA) is 190 Å². The van der Waals surface area contributed by atoms with Crippen LogP contribution in [0.5, 0.6) is 0 Å². The van der Waals surface area contributed by atoms with Crippen molar-refractivity contribution in [2.45, 2.75) is 47.8 Å². The van der Waals surface area contributed by atoms with Gasteiger partial charge in [-0.2, -0.15) is 0 Å². The molecular weight excluding hydrogens is 302 g/mol. The highest BCUT2D eigenvalue weighted by atomic mass is 16.9. The maximum Gasteiger partial charge on any atom is 0.311 e. The molecule has 4 heterocycles. The van der Waals surface area contributed by atoms with E-state index in [1.807, 2.05) is 0 Å². The number of ether oxygens (including phenoxy) is 2. The highest BCUT2D eigenvalue weighted by molar-refractivity contribution is 5.80.